The van der Waals surface area contributed by atoms with E-state index >= 15 is 0 Å². The molecular weight excluding hydrogens is 406 g/mol. The van der Waals surface area contributed by atoms with Crippen LogP contribution in [0.1, 0.15) is 26.3 Å². The first-order valence-corrected chi connectivity index (χ1v) is 10.3. The van der Waals surface area contributed by atoms with Crippen molar-refractivity contribution >= 4 is 23.0 Å². The van der Waals surface area contributed by atoms with E-state index in [0.29, 0.717) is 5.69 Å². The van der Waals surface area contributed by atoms with Crippen LogP contribution in [0.2, 0.25) is 0 Å². The number of hydrogen-bond donors (Lipinski definition) is 1. The van der Waals surface area contributed by atoms with E-state index in [1.165, 1.54) is 15.7 Å². The maximum absolute atomic E-state index is 13.2. The highest BCUT2D eigenvalue weighted by molar-refractivity contribution is 5.94. The summed E-state index contributed by atoms with van der Waals surface area (Å²) in [5.74, 6) is -0.416. The molecule has 0 aliphatic rings. The lowest BCUT2D eigenvalue weighted by Crippen LogP contribution is -2.47. The van der Waals surface area contributed by atoms with Crippen LogP contribution in [0.5, 0.6) is 0 Å². The number of nitrogens with zero attached hydrogens (tertiary/aromatic N) is 4. The van der Waals surface area contributed by atoms with Gasteiger partial charge in [-0.3, -0.25) is 14.2 Å². The average molecular weight is 431 g/mol. The van der Waals surface area contributed by atoms with E-state index in [2.05, 4.69) is 5.32 Å². The van der Waals surface area contributed by atoms with E-state index in [4.69, 9.17) is 0 Å². The molecule has 1 amide bonds. The molecule has 0 unspecified atom stereocenters. The third-order valence-corrected chi connectivity index (χ3v) is 4.98. The summed E-state index contributed by atoms with van der Waals surface area (Å²) in [6.07, 6.45) is 1.23. The number of carbonyl (C=O) groups is 1. The van der Waals surface area contributed by atoms with E-state index in [-0.39, 0.29) is 18.2 Å². The number of benzene rings is 2. The Labute approximate surface area is 186 Å². The summed E-state index contributed by atoms with van der Waals surface area (Å²) in [4.78, 5) is 39.8. The molecule has 8 nitrogen and oxygen atoms in total. The fourth-order valence-electron chi connectivity index (χ4n) is 3.43. The van der Waals surface area contributed by atoms with Gasteiger partial charge in [0.05, 0.1) is 0 Å². The Morgan fingerprint density at radius 3 is 2.25 bits per heavy atom. The number of aryl methyl sites for hydroxylation is 1. The summed E-state index contributed by atoms with van der Waals surface area (Å²) in [5, 5.41) is 12.5. The predicted octanol–water partition coefficient (Wildman–Crippen LogP) is 3.09. The zero-order valence-electron chi connectivity index (χ0n) is 18.3. The second kappa shape index (κ2) is 9.79. The summed E-state index contributed by atoms with van der Waals surface area (Å²) in [5.41, 5.74) is 0.897. The van der Waals surface area contributed by atoms with Crippen LogP contribution in [0, 0.1) is 11.3 Å². The van der Waals surface area contributed by atoms with E-state index in [1.807, 2.05) is 68.4 Å². The molecule has 1 aromatic heterocycles. The Balaban J connectivity index is 1.88. The van der Waals surface area contributed by atoms with Crippen LogP contribution >= 0.6 is 0 Å². The highest BCUT2D eigenvalue weighted by Gasteiger charge is 2.22. The van der Waals surface area contributed by atoms with Crippen LogP contribution in [-0.2, 0) is 17.9 Å². The van der Waals surface area contributed by atoms with Crippen molar-refractivity contribution < 1.29 is 4.79 Å². The zero-order chi connectivity index (χ0) is 23.3. The second-order valence-corrected chi connectivity index (χ2v) is 7.51. The first-order chi connectivity index (χ1) is 15.3. The molecule has 0 aliphatic heterocycles. The standard InChI is InChI=1S/C24H25N5O3/c1-4-27-15-18(14-25)23(31)28(24(27)32)16-22(30)29(17(2)3)21-12-10-20(11-13-21)26-19-8-6-5-7-9-19/h5-13,15,17,26H,4,16H2,1-3H3. The van der Waals surface area contributed by atoms with Crippen molar-refractivity contribution in [2.45, 2.75) is 39.9 Å². The number of hydrogen-bond acceptors (Lipinski definition) is 5. The molecule has 0 fully saturated rings. The minimum absolute atomic E-state index is 0.174. The van der Waals surface area contributed by atoms with Crippen LogP contribution in [0.25, 0.3) is 0 Å². The van der Waals surface area contributed by atoms with Crippen LogP contribution in [0.4, 0.5) is 17.1 Å². The molecule has 0 bridgehead atoms. The van der Waals surface area contributed by atoms with Crippen molar-refractivity contribution in [2.75, 3.05) is 10.2 Å². The maximum atomic E-state index is 13.2. The summed E-state index contributed by atoms with van der Waals surface area (Å²) in [6.45, 7) is 5.27. The molecule has 3 aromatic rings. The lowest BCUT2D eigenvalue weighted by Gasteiger charge is -2.27. The molecule has 0 saturated carbocycles. The van der Waals surface area contributed by atoms with Gasteiger partial charge in [-0.1, -0.05) is 18.2 Å². The molecule has 0 atom stereocenters. The van der Waals surface area contributed by atoms with E-state index < -0.39 is 23.7 Å². The molecule has 0 saturated heterocycles. The molecule has 2 aromatic carbocycles. The highest BCUT2D eigenvalue weighted by atomic mass is 16.2. The number of para-hydroxylation sites is 1. The molecule has 0 aliphatic carbocycles. The first-order valence-electron chi connectivity index (χ1n) is 10.3. The molecule has 0 radical (unpaired) electrons. The molecule has 8 heteroatoms. The normalized spacial score (nSPS) is 10.6. The summed E-state index contributed by atoms with van der Waals surface area (Å²) in [6, 6.07) is 18.6. The minimum atomic E-state index is -0.762. The summed E-state index contributed by atoms with van der Waals surface area (Å²) < 4.78 is 2.07. The SMILES string of the molecule is CCn1cc(C#N)c(=O)n(CC(=O)N(c2ccc(Nc3ccccc3)cc2)C(C)C)c1=O. The van der Waals surface area contributed by atoms with Crippen molar-refractivity contribution in [3.8, 4) is 6.07 Å². The van der Waals surface area contributed by atoms with Crippen molar-refractivity contribution in [3.05, 3.63) is 87.2 Å². The largest absolute Gasteiger partial charge is 0.356 e. The second-order valence-electron chi connectivity index (χ2n) is 7.51. The van der Waals surface area contributed by atoms with Gasteiger partial charge >= 0.3 is 5.69 Å². The topological polar surface area (TPSA) is 100 Å². The molecule has 1 heterocycles. The van der Waals surface area contributed by atoms with Gasteiger partial charge in [0.15, 0.2) is 0 Å². The van der Waals surface area contributed by atoms with Crippen molar-refractivity contribution in [1.82, 2.24) is 9.13 Å². The Morgan fingerprint density at radius 2 is 1.69 bits per heavy atom. The zero-order valence-corrected chi connectivity index (χ0v) is 18.3. The van der Waals surface area contributed by atoms with Crippen molar-refractivity contribution in [2.24, 2.45) is 0 Å². The number of anilines is 3. The average Bonchev–Trinajstić information content (AvgIpc) is 2.78. The third kappa shape index (κ3) is 4.78. The minimum Gasteiger partial charge on any atom is -0.356 e. The fourth-order valence-corrected chi connectivity index (χ4v) is 3.43. The number of nitrogens with one attached hydrogen (secondary N) is 1. The lowest BCUT2D eigenvalue weighted by molar-refractivity contribution is -0.119. The van der Waals surface area contributed by atoms with E-state index in [1.54, 1.807) is 13.0 Å². The Bertz CT molecular complexity index is 1250. The van der Waals surface area contributed by atoms with Crippen LogP contribution in [-0.4, -0.2) is 21.1 Å². The monoisotopic (exact) mass is 431 g/mol. The van der Waals surface area contributed by atoms with Crippen LogP contribution in [0.3, 0.4) is 0 Å². The Kier molecular flexibility index (Phi) is 6.90. The molecule has 32 heavy (non-hydrogen) atoms. The van der Waals surface area contributed by atoms with Crippen LogP contribution in [0.15, 0.2) is 70.4 Å². The van der Waals surface area contributed by atoms with Gasteiger partial charge in [-0.05, 0) is 57.2 Å². The van der Waals surface area contributed by atoms with Crippen LogP contribution < -0.4 is 21.5 Å². The molecule has 1 N–H and O–H groups in total. The Morgan fingerprint density at radius 1 is 1.06 bits per heavy atom. The van der Waals surface area contributed by atoms with Crippen molar-refractivity contribution in [3.63, 3.8) is 0 Å². The van der Waals surface area contributed by atoms with Gasteiger partial charge in [-0.2, -0.15) is 5.26 Å². The number of nitriles is 1. The number of carbonyl (C=O) groups excluding carboxylic acids is 1. The molecule has 164 valence electrons. The highest BCUT2D eigenvalue weighted by Crippen LogP contribution is 2.23. The van der Waals surface area contributed by atoms with Gasteiger partial charge in [0, 0.05) is 35.8 Å². The lowest BCUT2D eigenvalue weighted by atomic mass is 10.2. The third-order valence-electron chi connectivity index (χ3n) is 4.98. The van der Waals surface area contributed by atoms with Gasteiger partial charge in [0.25, 0.3) is 5.56 Å². The van der Waals surface area contributed by atoms with E-state index in [0.717, 1.165) is 15.9 Å². The van der Waals surface area contributed by atoms with Gasteiger partial charge in [0.1, 0.15) is 18.2 Å². The Hall–Kier alpha value is -4.12. The molecule has 0 spiro atoms. The van der Waals surface area contributed by atoms with Crippen molar-refractivity contribution in [1.29, 1.82) is 5.26 Å². The van der Waals surface area contributed by atoms with Gasteiger partial charge < -0.3 is 10.2 Å². The quantitative estimate of drug-likeness (QED) is 0.620. The fraction of sp³-hybridized carbons (Fsp3) is 0.250. The van der Waals surface area contributed by atoms with Gasteiger partial charge in [-0.25, -0.2) is 9.36 Å². The summed E-state index contributed by atoms with van der Waals surface area (Å²) in [7, 11) is 0. The first kappa shape index (κ1) is 22.6. The number of rotatable bonds is 7. The molecular formula is C24H25N5O3. The molecule has 3 rings (SSSR count). The number of aromatic nitrogens is 2. The predicted molar refractivity (Wildman–Crippen MR) is 124 cm³/mol. The van der Waals surface area contributed by atoms with Gasteiger partial charge in [-0.15, -0.1) is 0 Å². The smallest absolute Gasteiger partial charge is 0.331 e. The van der Waals surface area contributed by atoms with Gasteiger partial charge in [0.2, 0.25) is 5.91 Å². The maximum Gasteiger partial charge on any atom is 0.331 e. The summed E-state index contributed by atoms with van der Waals surface area (Å²) >= 11 is 0. The number of amides is 1. The van der Waals surface area contributed by atoms with E-state index in [9.17, 15) is 19.6 Å².